The lowest BCUT2D eigenvalue weighted by atomic mass is 10.0. The molecular weight excluding hydrogens is 246 g/mol. The Morgan fingerprint density at radius 1 is 1.21 bits per heavy atom. The van der Waals surface area contributed by atoms with E-state index >= 15 is 0 Å². The van der Waals surface area contributed by atoms with Crippen molar-refractivity contribution in [3.05, 3.63) is 0 Å². The Hall–Kier alpha value is -1.26. The second-order valence-electron chi connectivity index (χ2n) is 6.84. The number of likely N-dealkylation sites (tertiary alicyclic amines) is 1. The number of amides is 1. The summed E-state index contributed by atoms with van der Waals surface area (Å²) < 4.78 is 5.37. The van der Waals surface area contributed by atoms with Crippen LogP contribution in [-0.4, -0.2) is 40.8 Å². The Kier molecular flexibility index (Phi) is 3.74. The fourth-order valence-electron chi connectivity index (χ4n) is 3.31. The number of fused-ring (bicyclic) bond motifs is 1. The van der Waals surface area contributed by atoms with Crippen LogP contribution in [0, 0.1) is 17.8 Å². The summed E-state index contributed by atoms with van der Waals surface area (Å²) in [7, 11) is 0. The van der Waals surface area contributed by atoms with Crippen LogP contribution in [0.3, 0.4) is 0 Å². The molecule has 0 bridgehead atoms. The third-order valence-corrected chi connectivity index (χ3v) is 3.96. The maximum Gasteiger partial charge on any atom is 0.410 e. The smallest absolute Gasteiger partial charge is 0.410 e. The molecule has 1 saturated heterocycles. The summed E-state index contributed by atoms with van der Waals surface area (Å²) in [5.41, 5.74) is -0.458. The van der Waals surface area contributed by atoms with Crippen molar-refractivity contribution in [1.82, 2.24) is 4.90 Å². The monoisotopic (exact) mass is 269 g/mol. The number of carbonyl (C=O) groups is 2. The zero-order valence-corrected chi connectivity index (χ0v) is 11.9. The molecule has 1 heterocycles. The molecule has 2 unspecified atom stereocenters. The Bertz CT molecular complexity index is 360. The molecule has 5 nitrogen and oxygen atoms in total. The van der Waals surface area contributed by atoms with E-state index in [1.807, 2.05) is 20.8 Å². The third kappa shape index (κ3) is 3.61. The molecule has 1 aliphatic heterocycles. The predicted octanol–water partition coefficient (Wildman–Crippen LogP) is 2.35. The molecule has 0 aromatic rings. The summed E-state index contributed by atoms with van der Waals surface area (Å²) in [6.07, 6.45) is 1.88. The molecule has 0 aromatic carbocycles. The molecule has 2 rings (SSSR count). The number of hydrogen-bond acceptors (Lipinski definition) is 3. The first kappa shape index (κ1) is 14.2. The van der Waals surface area contributed by atoms with Gasteiger partial charge in [0.25, 0.3) is 0 Å². The lowest BCUT2D eigenvalue weighted by molar-refractivity contribution is -0.138. The topological polar surface area (TPSA) is 66.8 Å². The van der Waals surface area contributed by atoms with Crippen LogP contribution in [0.15, 0.2) is 0 Å². The first-order valence-corrected chi connectivity index (χ1v) is 6.94. The highest BCUT2D eigenvalue weighted by atomic mass is 16.6. The highest BCUT2D eigenvalue weighted by Gasteiger charge is 2.43. The summed E-state index contributed by atoms with van der Waals surface area (Å²) in [6, 6.07) is 0. The number of aliphatic carboxylic acids is 1. The number of hydrogen-bond donors (Lipinski definition) is 1. The number of carboxylic acids is 1. The summed E-state index contributed by atoms with van der Waals surface area (Å²) in [4.78, 5) is 24.5. The maximum atomic E-state index is 12.0. The normalized spacial score (nSPS) is 30.3. The Morgan fingerprint density at radius 2 is 1.74 bits per heavy atom. The highest BCUT2D eigenvalue weighted by molar-refractivity contribution is 5.69. The summed E-state index contributed by atoms with van der Waals surface area (Å²) in [5, 5.41) is 8.82. The lowest BCUT2D eigenvalue weighted by Crippen LogP contribution is -2.36. The zero-order chi connectivity index (χ0) is 14.2. The molecule has 1 aliphatic carbocycles. The Morgan fingerprint density at radius 3 is 2.16 bits per heavy atom. The van der Waals surface area contributed by atoms with Gasteiger partial charge in [0.05, 0.1) is 0 Å². The van der Waals surface area contributed by atoms with Crippen molar-refractivity contribution in [3.63, 3.8) is 0 Å². The standard InChI is InChI=1S/C14H23NO4/c1-14(2,3)19-13(18)15-7-10-4-9(6-12(16)17)5-11(10)8-15/h9-11H,4-8H2,1-3H3,(H,16,17)/t9?,10-,11?/m1/s1. The van der Waals surface area contributed by atoms with E-state index in [-0.39, 0.29) is 18.4 Å². The van der Waals surface area contributed by atoms with Crippen molar-refractivity contribution in [2.75, 3.05) is 13.1 Å². The van der Waals surface area contributed by atoms with Crippen LogP contribution in [0.1, 0.15) is 40.0 Å². The maximum absolute atomic E-state index is 12.0. The molecule has 0 aromatic heterocycles. The second kappa shape index (κ2) is 5.02. The quantitative estimate of drug-likeness (QED) is 0.835. The van der Waals surface area contributed by atoms with Gasteiger partial charge in [-0.25, -0.2) is 4.79 Å². The fraction of sp³-hybridized carbons (Fsp3) is 0.857. The van der Waals surface area contributed by atoms with E-state index in [0.29, 0.717) is 11.8 Å². The van der Waals surface area contributed by atoms with Crippen LogP contribution >= 0.6 is 0 Å². The minimum Gasteiger partial charge on any atom is -0.481 e. The molecule has 0 spiro atoms. The van der Waals surface area contributed by atoms with Crippen molar-refractivity contribution in [3.8, 4) is 0 Å². The van der Waals surface area contributed by atoms with Crippen molar-refractivity contribution in [2.45, 2.75) is 45.6 Å². The van der Waals surface area contributed by atoms with Crippen molar-refractivity contribution in [2.24, 2.45) is 17.8 Å². The van der Waals surface area contributed by atoms with E-state index in [2.05, 4.69) is 0 Å². The first-order valence-electron chi connectivity index (χ1n) is 6.94. The highest BCUT2D eigenvalue weighted by Crippen LogP contribution is 2.43. The molecule has 2 fully saturated rings. The third-order valence-electron chi connectivity index (χ3n) is 3.96. The van der Waals surface area contributed by atoms with Gasteiger partial charge in [0.1, 0.15) is 5.60 Å². The van der Waals surface area contributed by atoms with Gasteiger partial charge in [-0.15, -0.1) is 0 Å². The molecule has 0 radical (unpaired) electrons. The van der Waals surface area contributed by atoms with Crippen LogP contribution < -0.4 is 0 Å². The fourth-order valence-corrected chi connectivity index (χ4v) is 3.31. The SMILES string of the molecule is CC(C)(C)OC(=O)N1CC2CC(CC(=O)O)C[C@@H]2C1. The van der Waals surface area contributed by atoms with E-state index < -0.39 is 11.6 Å². The van der Waals surface area contributed by atoms with Crippen LogP contribution in [0.4, 0.5) is 4.79 Å². The van der Waals surface area contributed by atoms with Crippen molar-refractivity contribution >= 4 is 12.1 Å². The lowest BCUT2D eigenvalue weighted by Gasteiger charge is -2.25. The summed E-state index contributed by atoms with van der Waals surface area (Å²) in [6.45, 7) is 7.03. The van der Waals surface area contributed by atoms with E-state index in [0.717, 1.165) is 25.9 Å². The predicted molar refractivity (Wildman–Crippen MR) is 69.8 cm³/mol. The average molecular weight is 269 g/mol. The van der Waals surface area contributed by atoms with Gasteiger partial charge in [-0.2, -0.15) is 0 Å². The molecule has 3 atom stereocenters. The number of rotatable bonds is 2. The summed E-state index contributed by atoms with van der Waals surface area (Å²) >= 11 is 0. The van der Waals surface area contributed by atoms with Crippen molar-refractivity contribution in [1.29, 1.82) is 0 Å². The minimum atomic E-state index is -0.714. The van der Waals surface area contributed by atoms with Gasteiger partial charge < -0.3 is 14.7 Å². The van der Waals surface area contributed by atoms with Gasteiger partial charge in [0.2, 0.25) is 0 Å². The summed E-state index contributed by atoms with van der Waals surface area (Å²) in [5.74, 6) is 0.482. The van der Waals surface area contributed by atoms with E-state index in [1.54, 1.807) is 4.90 Å². The van der Waals surface area contributed by atoms with Gasteiger partial charge >= 0.3 is 12.1 Å². The number of carbonyl (C=O) groups excluding carboxylic acids is 1. The molecule has 1 saturated carbocycles. The molecule has 108 valence electrons. The Balaban J connectivity index is 1.84. The van der Waals surface area contributed by atoms with Crippen LogP contribution in [0.2, 0.25) is 0 Å². The van der Waals surface area contributed by atoms with Gasteiger partial charge in [-0.1, -0.05) is 0 Å². The van der Waals surface area contributed by atoms with Crippen molar-refractivity contribution < 1.29 is 19.4 Å². The Labute approximate surface area is 113 Å². The van der Waals surface area contributed by atoms with Gasteiger partial charge in [0.15, 0.2) is 0 Å². The van der Waals surface area contributed by atoms with Gasteiger partial charge in [0, 0.05) is 19.5 Å². The zero-order valence-electron chi connectivity index (χ0n) is 11.9. The first-order chi connectivity index (χ1) is 8.74. The van der Waals surface area contributed by atoms with E-state index in [1.165, 1.54) is 0 Å². The van der Waals surface area contributed by atoms with Gasteiger partial charge in [-0.05, 0) is 51.4 Å². The van der Waals surface area contributed by atoms with E-state index in [9.17, 15) is 9.59 Å². The molecule has 5 heteroatoms. The second-order valence-corrected chi connectivity index (χ2v) is 6.84. The number of ether oxygens (including phenoxy) is 1. The van der Waals surface area contributed by atoms with Crippen LogP contribution in [-0.2, 0) is 9.53 Å². The molecule has 1 amide bonds. The van der Waals surface area contributed by atoms with Crippen LogP contribution in [0.25, 0.3) is 0 Å². The van der Waals surface area contributed by atoms with Crippen LogP contribution in [0.5, 0.6) is 0 Å². The van der Waals surface area contributed by atoms with Gasteiger partial charge in [-0.3, -0.25) is 4.79 Å². The molecule has 1 N–H and O–H groups in total. The average Bonchev–Trinajstić information content (AvgIpc) is 2.70. The largest absolute Gasteiger partial charge is 0.481 e. The number of nitrogens with zero attached hydrogens (tertiary/aromatic N) is 1. The molecular formula is C14H23NO4. The molecule has 2 aliphatic rings. The molecule has 19 heavy (non-hydrogen) atoms. The minimum absolute atomic E-state index is 0.239. The van der Waals surface area contributed by atoms with E-state index in [4.69, 9.17) is 9.84 Å². The number of carboxylic acid groups (broad SMARTS) is 1.